The number of hydrogen-bond acceptors (Lipinski definition) is 1. The van der Waals surface area contributed by atoms with Crippen molar-refractivity contribution in [1.29, 1.82) is 0 Å². The molecule has 1 atom stereocenters. The highest BCUT2D eigenvalue weighted by molar-refractivity contribution is 9.10. The van der Waals surface area contributed by atoms with E-state index in [0.717, 1.165) is 18.9 Å². The summed E-state index contributed by atoms with van der Waals surface area (Å²) in [7, 11) is 0. The van der Waals surface area contributed by atoms with Gasteiger partial charge in [-0.3, -0.25) is 0 Å². The lowest BCUT2D eigenvalue weighted by atomic mass is 9.99. The van der Waals surface area contributed by atoms with Gasteiger partial charge in [-0.1, -0.05) is 28.8 Å². The fourth-order valence-corrected chi connectivity index (χ4v) is 3.06. The molecule has 0 radical (unpaired) electrons. The number of benzene rings is 1. The molecule has 5 heteroatoms. The Bertz CT molecular complexity index is 439. The van der Waals surface area contributed by atoms with Gasteiger partial charge in [-0.2, -0.15) is 13.2 Å². The molecule has 0 bridgehead atoms. The zero-order valence-electron chi connectivity index (χ0n) is 10.7. The molecule has 1 fully saturated rings. The van der Waals surface area contributed by atoms with Crippen molar-refractivity contribution in [3.05, 3.63) is 28.2 Å². The van der Waals surface area contributed by atoms with Gasteiger partial charge in [-0.15, -0.1) is 0 Å². The fraction of sp³-hybridized carbons (Fsp3) is 0.571. The first-order valence-corrected chi connectivity index (χ1v) is 7.30. The van der Waals surface area contributed by atoms with Crippen LogP contribution in [0.2, 0.25) is 0 Å². The third-order valence-electron chi connectivity index (χ3n) is 3.78. The highest BCUT2D eigenvalue weighted by atomic mass is 79.9. The van der Waals surface area contributed by atoms with Gasteiger partial charge in [0.05, 0.1) is 5.56 Å². The summed E-state index contributed by atoms with van der Waals surface area (Å²) in [6.07, 6.45) is 0.242. The van der Waals surface area contributed by atoms with E-state index in [0.29, 0.717) is 10.4 Å². The lowest BCUT2D eigenvalue weighted by Crippen LogP contribution is -2.25. The molecule has 1 aromatic rings. The Balaban J connectivity index is 2.19. The molecule has 1 nitrogen and oxygen atoms in total. The van der Waals surface area contributed by atoms with E-state index in [4.69, 9.17) is 0 Å². The van der Waals surface area contributed by atoms with E-state index >= 15 is 0 Å². The van der Waals surface area contributed by atoms with Crippen LogP contribution >= 0.6 is 15.9 Å². The molecule has 1 unspecified atom stereocenters. The summed E-state index contributed by atoms with van der Waals surface area (Å²) < 4.78 is 39.4. The third kappa shape index (κ3) is 3.65. The summed E-state index contributed by atoms with van der Waals surface area (Å²) in [5.41, 5.74) is -0.429. The maximum absolute atomic E-state index is 13.0. The molecular formula is C14H17BrF3N. The summed E-state index contributed by atoms with van der Waals surface area (Å²) in [5, 5.41) is 3.05. The normalized spacial score (nSPS) is 18.6. The van der Waals surface area contributed by atoms with Gasteiger partial charge in [-0.05, 0) is 43.9 Å². The van der Waals surface area contributed by atoms with E-state index in [1.54, 1.807) is 6.07 Å². The Morgan fingerprint density at radius 2 is 1.89 bits per heavy atom. The molecule has 0 saturated heterocycles. The molecule has 1 saturated carbocycles. The summed E-state index contributed by atoms with van der Waals surface area (Å²) in [6.45, 7) is 1.97. The van der Waals surface area contributed by atoms with Crippen LogP contribution in [0.1, 0.15) is 38.2 Å². The fourth-order valence-electron chi connectivity index (χ4n) is 2.70. The Labute approximate surface area is 119 Å². The van der Waals surface area contributed by atoms with Gasteiger partial charge in [0.15, 0.2) is 0 Å². The summed E-state index contributed by atoms with van der Waals surface area (Å²) >= 11 is 3.09. The molecule has 0 heterocycles. The molecule has 0 aromatic heterocycles. The van der Waals surface area contributed by atoms with Crippen LogP contribution in [0.15, 0.2) is 22.7 Å². The van der Waals surface area contributed by atoms with Gasteiger partial charge >= 0.3 is 6.18 Å². The van der Waals surface area contributed by atoms with E-state index in [9.17, 15) is 13.2 Å². The average Bonchev–Trinajstić information content (AvgIpc) is 2.83. The van der Waals surface area contributed by atoms with Gasteiger partial charge in [0.1, 0.15) is 0 Å². The smallest absolute Gasteiger partial charge is 0.382 e. The van der Waals surface area contributed by atoms with Crippen LogP contribution < -0.4 is 5.32 Å². The van der Waals surface area contributed by atoms with Gasteiger partial charge in [0, 0.05) is 16.2 Å². The Kier molecular flexibility index (Phi) is 4.43. The lowest BCUT2D eigenvalue weighted by molar-refractivity contribution is -0.137. The van der Waals surface area contributed by atoms with E-state index in [1.807, 2.05) is 6.92 Å². The molecule has 1 aliphatic carbocycles. The molecular weight excluding hydrogens is 319 g/mol. The first-order chi connectivity index (χ1) is 8.88. The Morgan fingerprint density at radius 1 is 1.26 bits per heavy atom. The van der Waals surface area contributed by atoms with Crippen LogP contribution in [-0.4, -0.2) is 6.04 Å². The minimum absolute atomic E-state index is 0.0739. The first-order valence-electron chi connectivity index (χ1n) is 6.51. The van der Waals surface area contributed by atoms with Crippen LogP contribution in [0, 0.1) is 5.92 Å². The van der Waals surface area contributed by atoms with E-state index < -0.39 is 11.7 Å². The van der Waals surface area contributed by atoms with Gasteiger partial charge in [0.2, 0.25) is 0 Å². The molecule has 1 aliphatic rings. The van der Waals surface area contributed by atoms with Gasteiger partial charge in [0.25, 0.3) is 0 Å². The van der Waals surface area contributed by atoms with Crippen molar-refractivity contribution in [2.45, 2.75) is 44.8 Å². The number of anilines is 1. The van der Waals surface area contributed by atoms with E-state index in [1.165, 1.54) is 18.9 Å². The number of nitrogens with one attached hydrogen (secondary N) is 1. The summed E-state index contributed by atoms with van der Waals surface area (Å²) in [6, 6.07) is 4.34. The van der Waals surface area contributed by atoms with Crippen molar-refractivity contribution in [2.75, 3.05) is 5.32 Å². The zero-order valence-corrected chi connectivity index (χ0v) is 12.3. The maximum Gasteiger partial charge on any atom is 0.418 e. The van der Waals surface area contributed by atoms with Crippen LogP contribution in [0.3, 0.4) is 0 Å². The maximum atomic E-state index is 13.0. The molecule has 0 aliphatic heterocycles. The predicted molar refractivity (Wildman–Crippen MR) is 74.2 cm³/mol. The molecule has 2 rings (SSSR count). The SMILES string of the molecule is CC(Nc1ccc(Br)cc1C(F)(F)F)C1CCCC1. The summed E-state index contributed by atoms with van der Waals surface area (Å²) in [5.74, 6) is 0.477. The summed E-state index contributed by atoms with van der Waals surface area (Å²) in [4.78, 5) is 0. The highest BCUT2D eigenvalue weighted by Gasteiger charge is 2.34. The molecule has 19 heavy (non-hydrogen) atoms. The second-order valence-corrected chi connectivity index (χ2v) is 6.08. The topological polar surface area (TPSA) is 12.0 Å². The number of halogens is 4. The van der Waals surface area contributed by atoms with Crippen molar-refractivity contribution < 1.29 is 13.2 Å². The molecule has 1 N–H and O–H groups in total. The second-order valence-electron chi connectivity index (χ2n) is 5.17. The molecule has 1 aromatic carbocycles. The zero-order chi connectivity index (χ0) is 14.0. The van der Waals surface area contributed by atoms with Crippen molar-refractivity contribution in [3.8, 4) is 0 Å². The largest absolute Gasteiger partial charge is 0.418 e. The van der Waals surface area contributed by atoms with Crippen molar-refractivity contribution >= 4 is 21.6 Å². The van der Waals surface area contributed by atoms with Crippen LogP contribution in [0.4, 0.5) is 18.9 Å². The number of alkyl halides is 3. The van der Waals surface area contributed by atoms with Crippen LogP contribution in [0.25, 0.3) is 0 Å². The standard InChI is InChI=1S/C14H17BrF3N/c1-9(10-4-2-3-5-10)19-13-7-6-11(15)8-12(13)14(16,17)18/h6-10,19H,2-5H2,1H3. The van der Waals surface area contributed by atoms with Crippen LogP contribution in [0.5, 0.6) is 0 Å². The predicted octanol–water partition coefficient (Wildman–Crippen LogP) is 5.46. The van der Waals surface area contributed by atoms with Crippen molar-refractivity contribution in [2.24, 2.45) is 5.92 Å². The van der Waals surface area contributed by atoms with Crippen molar-refractivity contribution in [3.63, 3.8) is 0 Å². The highest BCUT2D eigenvalue weighted by Crippen LogP contribution is 2.38. The van der Waals surface area contributed by atoms with Gasteiger partial charge < -0.3 is 5.32 Å². The Morgan fingerprint density at radius 3 is 2.47 bits per heavy atom. The average molecular weight is 336 g/mol. The molecule has 0 amide bonds. The minimum Gasteiger partial charge on any atom is -0.382 e. The monoisotopic (exact) mass is 335 g/mol. The van der Waals surface area contributed by atoms with E-state index in [-0.39, 0.29) is 11.7 Å². The third-order valence-corrected chi connectivity index (χ3v) is 4.27. The second kappa shape index (κ2) is 5.73. The van der Waals surface area contributed by atoms with Gasteiger partial charge in [-0.25, -0.2) is 0 Å². The van der Waals surface area contributed by atoms with Crippen molar-refractivity contribution in [1.82, 2.24) is 0 Å². The minimum atomic E-state index is -4.33. The number of hydrogen-bond donors (Lipinski definition) is 1. The Hall–Kier alpha value is -0.710. The number of rotatable bonds is 3. The lowest BCUT2D eigenvalue weighted by Gasteiger charge is -2.24. The molecule has 106 valence electrons. The first kappa shape index (κ1) is 14.7. The quantitative estimate of drug-likeness (QED) is 0.773. The van der Waals surface area contributed by atoms with Crippen LogP contribution in [-0.2, 0) is 6.18 Å². The van der Waals surface area contributed by atoms with E-state index in [2.05, 4.69) is 21.2 Å². The molecule has 0 spiro atoms.